The molecule has 3 aromatic rings. The first-order chi connectivity index (χ1) is 18.0. The standard InChI is InChI=1S/C30H28N2O5/c1-37-22-13-11-20(12-14-22)30-29-24(17-21(18-26(29)33)19-7-3-2-4-8-19)31-23-9-5-6-10-25(23)32(30)27(34)15-16-28(35)36/h2-14,21,30-31H,15-18H2,1H3,(H,35,36). The van der Waals surface area contributed by atoms with Crippen LogP contribution in [0.15, 0.2) is 90.1 Å². The van der Waals surface area contributed by atoms with Gasteiger partial charge in [-0.05, 0) is 47.7 Å². The summed E-state index contributed by atoms with van der Waals surface area (Å²) in [5.74, 6) is -0.766. The van der Waals surface area contributed by atoms with Crippen LogP contribution in [0.4, 0.5) is 11.4 Å². The van der Waals surface area contributed by atoms with Gasteiger partial charge in [0.1, 0.15) is 5.75 Å². The maximum atomic E-state index is 13.9. The van der Waals surface area contributed by atoms with Gasteiger partial charge < -0.3 is 15.2 Å². The number of hydrogen-bond acceptors (Lipinski definition) is 5. The van der Waals surface area contributed by atoms with Crippen molar-refractivity contribution in [2.75, 3.05) is 17.3 Å². The molecule has 7 nitrogen and oxygen atoms in total. The lowest BCUT2D eigenvalue weighted by Gasteiger charge is -2.35. The third-order valence-corrected chi connectivity index (χ3v) is 7.01. The van der Waals surface area contributed by atoms with Gasteiger partial charge in [0.15, 0.2) is 5.78 Å². The van der Waals surface area contributed by atoms with E-state index < -0.39 is 12.0 Å². The number of rotatable bonds is 6. The summed E-state index contributed by atoms with van der Waals surface area (Å²) >= 11 is 0. The van der Waals surface area contributed by atoms with Crippen LogP contribution in [0.25, 0.3) is 0 Å². The Morgan fingerprint density at radius 2 is 1.62 bits per heavy atom. The maximum Gasteiger partial charge on any atom is 0.303 e. The van der Waals surface area contributed by atoms with E-state index in [1.165, 1.54) is 0 Å². The van der Waals surface area contributed by atoms with E-state index in [2.05, 4.69) is 5.32 Å². The fourth-order valence-electron chi connectivity index (χ4n) is 5.26. The van der Waals surface area contributed by atoms with Gasteiger partial charge in [-0.1, -0.05) is 54.6 Å². The molecule has 3 aromatic carbocycles. The van der Waals surface area contributed by atoms with Crippen molar-refractivity contribution in [1.82, 2.24) is 0 Å². The van der Waals surface area contributed by atoms with Crippen LogP contribution in [0, 0.1) is 0 Å². The smallest absolute Gasteiger partial charge is 0.303 e. The second kappa shape index (κ2) is 10.3. The number of fused-ring (bicyclic) bond motifs is 1. The molecule has 2 unspecified atom stereocenters. The minimum atomic E-state index is -1.05. The molecule has 2 atom stereocenters. The molecule has 0 saturated carbocycles. The molecule has 1 aliphatic carbocycles. The number of anilines is 2. The monoisotopic (exact) mass is 496 g/mol. The van der Waals surface area contributed by atoms with Crippen molar-refractivity contribution in [3.05, 3.63) is 101 Å². The molecule has 2 aliphatic rings. The van der Waals surface area contributed by atoms with Gasteiger partial charge in [-0.2, -0.15) is 0 Å². The Morgan fingerprint density at radius 1 is 0.919 bits per heavy atom. The Morgan fingerprint density at radius 3 is 2.32 bits per heavy atom. The van der Waals surface area contributed by atoms with Crippen molar-refractivity contribution >= 4 is 29.0 Å². The Balaban J connectivity index is 1.68. The Labute approximate surface area is 215 Å². The van der Waals surface area contributed by atoms with Crippen LogP contribution < -0.4 is 15.0 Å². The van der Waals surface area contributed by atoms with Crippen LogP contribution >= 0.6 is 0 Å². The van der Waals surface area contributed by atoms with Gasteiger partial charge in [0.05, 0.1) is 30.9 Å². The number of carboxylic acid groups (broad SMARTS) is 1. The van der Waals surface area contributed by atoms with Gasteiger partial charge >= 0.3 is 5.97 Å². The zero-order valence-corrected chi connectivity index (χ0v) is 20.5. The number of ether oxygens (including phenoxy) is 1. The van der Waals surface area contributed by atoms with Crippen molar-refractivity contribution in [1.29, 1.82) is 0 Å². The fraction of sp³-hybridized carbons (Fsp3) is 0.233. The van der Waals surface area contributed by atoms with Crippen LogP contribution in [0.1, 0.15) is 48.8 Å². The summed E-state index contributed by atoms with van der Waals surface area (Å²) < 4.78 is 5.33. The molecule has 37 heavy (non-hydrogen) atoms. The molecule has 0 aromatic heterocycles. The van der Waals surface area contributed by atoms with Crippen molar-refractivity contribution in [2.45, 2.75) is 37.6 Å². The van der Waals surface area contributed by atoms with Crippen molar-refractivity contribution < 1.29 is 24.2 Å². The summed E-state index contributed by atoms with van der Waals surface area (Å²) in [5.41, 5.74) is 4.48. The average Bonchev–Trinajstić information content (AvgIpc) is 3.07. The molecular formula is C30H28N2O5. The Kier molecular flexibility index (Phi) is 6.77. The minimum absolute atomic E-state index is 0.0119. The molecule has 0 saturated heterocycles. The van der Waals surface area contributed by atoms with E-state index in [0.29, 0.717) is 35.5 Å². The number of para-hydroxylation sites is 2. The van der Waals surface area contributed by atoms with Crippen molar-refractivity contribution in [3.8, 4) is 5.75 Å². The zero-order valence-electron chi connectivity index (χ0n) is 20.5. The number of carboxylic acids is 1. The lowest BCUT2D eigenvalue weighted by Crippen LogP contribution is -2.38. The van der Waals surface area contributed by atoms with E-state index in [-0.39, 0.29) is 30.4 Å². The molecular weight excluding hydrogens is 468 g/mol. The normalized spacial score (nSPS) is 18.8. The van der Waals surface area contributed by atoms with Crippen molar-refractivity contribution in [3.63, 3.8) is 0 Å². The summed E-state index contributed by atoms with van der Waals surface area (Å²) in [6.45, 7) is 0. The van der Waals surface area contributed by atoms with Crippen LogP contribution in [0.5, 0.6) is 5.75 Å². The van der Waals surface area contributed by atoms with E-state index >= 15 is 0 Å². The van der Waals surface area contributed by atoms with Gasteiger partial charge in [-0.3, -0.25) is 19.3 Å². The molecule has 7 heteroatoms. The summed E-state index contributed by atoms with van der Waals surface area (Å²) in [7, 11) is 1.58. The summed E-state index contributed by atoms with van der Waals surface area (Å²) in [6.07, 6.45) is 0.462. The second-order valence-corrected chi connectivity index (χ2v) is 9.31. The van der Waals surface area contributed by atoms with E-state index in [1.54, 1.807) is 24.1 Å². The van der Waals surface area contributed by atoms with Gasteiger partial charge in [0, 0.05) is 24.1 Å². The van der Waals surface area contributed by atoms with Crippen LogP contribution in [0.2, 0.25) is 0 Å². The summed E-state index contributed by atoms with van der Waals surface area (Å²) in [5, 5.41) is 12.7. The molecule has 0 radical (unpaired) electrons. The predicted octanol–water partition coefficient (Wildman–Crippen LogP) is 5.46. The molecule has 1 heterocycles. The number of allylic oxidation sites excluding steroid dienone is 1. The maximum absolute atomic E-state index is 13.9. The molecule has 2 N–H and O–H groups in total. The Bertz CT molecular complexity index is 1360. The highest BCUT2D eigenvalue weighted by atomic mass is 16.5. The lowest BCUT2D eigenvalue weighted by atomic mass is 9.78. The highest BCUT2D eigenvalue weighted by Gasteiger charge is 2.41. The molecule has 0 fully saturated rings. The number of methoxy groups -OCH3 is 1. The SMILES string of the molecule is COc1ccc(C2C3=C(CC(c4ccccc4)CC3=O)Nc3ccccc3N2C(=O)CCC(=O)O)cc1. The average molecular weight is 497 g/mol. The first-order valence-corrected chi connectivity index (χ1v) is 12.3. The van der Waals surface area contributed by atoms with Gasteiger partial charge in [-0.25, -0.2) is 0 Å². The topological polar surface area (TPSA) is 95.9 Å². The number of nitrogens with one attached hydrogen (secondary N) is 1. The number of amides is 1. The highest BCUT2D eigenvalue weighted by Crippen LogP contribution is 2.47. The number of ketones is 1. The lowest BCUT2D eigenvalue weighted by molar-refractivity contribution is -0.138. The summed E-state index contributed by atoms with van der Waals surface area (Å²) in [6, 6.07) is 24.0. The first kappa shape index (κ1) is 24.3. The van der Waals surface area contributed by atoms with Gasteiger partial charge in [0.2, 0.25) is 5.91 Å². The molecule has 5 rings (SSSR count). The van der Waals surface area contributed by atoms with Crippen molar-refractivity contribution in [2.24, 2.45) is 0 Å². The predicted molar refractivity (Wildman–Crippen MR) is 141 cm³/mol. The highest BCUT2D eigenvalue weighted by molar-refractivity contribution is 6.06. The van der Waals surface area contributed by atoms with Crippen LogP contribution in [-0.4, -0.2) is 29.9 Å². The number of hydrogen-bond donors (Lipinski definition) is 2. The number of carbonyl (C=O) groups excluding carboxylic acids is 2. The third-order valence-electron chi connectivity index (χ3n) is 7.01. The molecule has 188 valence electrons. The molecule has 0 bridgehead atoms. The van der Waals surface area contributed by atoms with E-state index in [1.807, 2.05) is 66.7 Å². The molecule has 0 spiro atoms. The van der Waals surface area contributed by atoms with E-state index in [4.69, 9.17) is 4.74 Å². The largest absolute Gasteiger partial charge is 0.497 e. The summed E-state index contributed by atoms with van der Waals surface area (Å²) in [4.78, 5) is 40.5. The number of benzene rings is 3. The number of nitrogens with zero attached hydrogens (tertiary/aromatic N) is 1. The Hall–Kier alpha value is -4.39. The van der Waals surface area contributed by atoms with E-state index in [9.17, 15) is 19.5 Å². The second-order valence-electron chi connectivity index (χ2n) is 9.31. The third kappa shape index (κ3) is 4.85. The number of Topliss-reactive ketones (excluding diaryl/α,β-unsaturated/α-hetero) is 1. The fourth-order valence-corrected chi connectivity index (χ4v) is 5.26. The zero-order chi connectivity index (χ0) is 25.9. The number of carbonyl (C=O) groups is 3. The first-order valence-electron chi connectivity index (χ1n) is 12.3. The molecule has 1 amide bonds. The van der Waals surface area contributed by atoms with Crippen LogP contribution in [0.3, 0.4) is 0 Å². The molecule has 1 aliphatic heterocycles. The van der Waals surface area contributed by atoms with Crippen LogP contribution in [-0.2, 0) is 14.4 Å². The minimum Gasteiger partial charge on any atom is -0.497 e. The van der Waals surface area contributed by atoms with Gasteiger partial charge in [0.25, 0.3) is 0 Å². The number of aliphatic carboxylic acids is 1. The van der Waals surface area contributed by atoms with E-state index in [0.717, 1.165) is 16.8 Å². The quantitative estimate of drug-likeness (QED) is 0.471. The van der Waals surface area contributed by atoms with Gasteiger partial charge in [-0.15, -0.1) is 0 Å².